The Hall–Kier alpha value is -1.46. The van der Waals surface area contributed by atoms with Crippen molar-refractivity contribution in [3.63, 3.8) is 0 Å². The van der Waals surface area contributed by atoms with Crippen molar-refractivity contribution in [3.8, 4) is 0 Å². The molecule has 0 aliphatic carbocycles. The van der Waals surface area contributed by atoms with Crippen LogP contribution < -0.4 is 10.2 Å². The van der Waals surface area contributed by atoms with Crippen molar-refractivity contribution in [2.75, 3.05) is 37.4 Å². The molecule has 1 unspecified atom stereocenters. The number of anilines is 2. The number of hydrogen-bond donors (Lipinski definition) is 2. The average molecular weight is 298 g/mol. The molecule has 0 bridgehead atoms. The summed E-state index contributed by atoms with van der Waals surface area (Å²) in [6.07, 6.45) is 1.15. The van der Waals surface area contributed by atoms with Crippen LogP contribution in [0.4, 0.5) is 16.2 Å². The molecule has 1 fully saturated rings. The summed E-state index contributed by atoms with van der Waals surface area (Å²) < 4.78 is 0. The van der Waals surface area contributed by atoms with E-state index in [-0.39, 0.29) is 6.03 Å². The fourth-order valence-electron chi connectivity index (χ4n) is 2.40. The van der Waals surface area contributed by atoms with Crippen molar-refractivity contribution in [1.82, 2.24) is 4.90 Å². The van der Waals surface area contributed by atoms with E-state index in [0.29, 0.717) is 23.8 Å². The highest BCUT2D eigenvalue weighted by Gasteiger charge is 2.23. The monoisotopic (exact) mass is 297 g/mol. The summed E-state index contributed by atoms with van der Waals surface area (Å²) in [5, 5.41) is 13.1. The molecule has 2 rings (SSSR count). The number of aliphatic hydroxyl groups is 1. The van der Waals surface area contributed by atoms with Gasteiger partial charge in [0, 0.05) is 27.2 Å². The molecule has 1 aliphatic rings. The number of nitrogens with zero attached hydrogens (tertiary/aromatic N) is 2. The summed E-state index contributed by atoms with van der Waals surface area (Å²) in [6.45, 7) is 1.05. The summed E-state index contributed by atoms with van der Waals surface area (Å²) in [5.41, 5.74) is 1.45. The van der Waals surface area contributed by atoms with Gasteiger partial charge in [-0.2, -0.15) is 0 Å². The van der Waals surface area contributed by atoms with Crippen LogP contribution in [0.15, 0.2) is 18.2 Å². The average Bonchev–Trinajstić information content (AvgIpc) is 2.38. The fourth-order valence-corrected chi connectivity index (χ4v) is 2.75. The summed E-state index contributed by atoms with van der Waals surface area (Å²) in [6, 6.07) is 5.21. The number of benzene rings is 1. The molecule has 1 aromatic carbocycles. The van der Waals surface area contributed by atoms with E-state index in [4.69, 9.17) is 11.6 Å². The Balaban J connectivity index is 2.13. The van der Waals surface area contributed by atoms with Crippen LogP contribution in [-0.4, -0.2) is 49.3 Å². The van der Waals surface area contributed by atoms with Crippen LogP contribution in [0.25, 0.3) is 0 Å². The van der Waals surface area contributed by atoms with Gasteiger partial charge in [0.05, 0.1) is 22.5 Å². The van der Waals surface area contributed by atoms with Crippen LogP contribution in [0.5, 0.6) is 0 Å². The standard InChI is InChI=1S/C14H20ClN3O2/c1-17(2)13-11(15)6-3-7-12(13)16-14(20)18-8-4-5-10(19)9-18/h3,6-7,10,19H,4-5,8-9H2,1-2H3,(H,16,20). The number of amides is 2. The van der Waals surface area contributed by atoms with Crippen LogP contribution in [0.1, 0.15) is 12.8 Å². The van der Waals surface area contributed by atoms with Gasteiger partial charge in [-0.05, 0) is 25.0 Å². The van der Waals surface area contributed by atoms with Gasteiger partial charge < -0.3 is 20.2 Å². The molecule has 20 heavy (non-hydrogen) atoms. The Morgan fingerprint density at radius 2 is 2.25 bits per heavy atom. The smallest absolute Gasteiger partial charge is 0.321 e. The third-order valence-corrected chi connectivity index (χ3v) is 3.66. The number of aliphatic hydroxyl groups excluding tert-OH is 1. The Morgan fingerprint density at radius 3 is 2.90 bits per heavy atom. The van der Waals surface area contributed by atoms with E-state index >= 15 is 0 Å². The maximum Gasteiger partial charge on any atom is 0.321 e. The predicted molar refractivity (Wildman–Crippen MR) is 81.6 cm³/mol. The first-order chi connectivity index (χ1) is 9.49. The summed E-state index contributed by atoms with van der Waals surface area (Å²) in [5.74, 6) is 0. The van der Waals surface area contributed by atoms with Gasteiger partial charge in [0.15, 0.2) is 0 Å². The van der Waals surface area contributed by atoms with Gasteiger partial charge in [-0.3, -0.25) is 0 Å². The molecule has 1 aromatic rings. The van der Waals surface area contributed by atoms with Crippen molar-refractivity contribution < 1.29 is 9.90 Å². The summed E-state index contributed by atoms with van der Waals surface area (Å²) in [4.78, 5) is 15.7. The minimum Gasteiger partial charge on any atom is -0.391 e. The molecule has 1 heterocycles. The number of hydrogen-bond acceptors (Lipinski definition) is 3. The summed E-state index contributed by atoms with van der Waals surface area (Å²) >= 11 is 6.17. The fraction of sp³-hybridized carbons (Fsp3) is 0.500. The molecule has 0 radical (unpaired) electrons. The van der Waals surface area contributed by atoms with Gasteiger partial charge in [-0.15, -0.1) is 0 Å². The number of nitrogens with one attached hydrogen (secondary N) is 1. The van der Waals surface area contributed by atoms with Crippen LogP contribution in [-0.2, 0) is 0 Å². The molecule has 1 aliphatic heterocycles. The first-order valence-electron chi connectivity index (χ1n) is 6.69. The second-order valence-corrected chi connectivity index (χ2v) is 5.61. The third-order valence-electron chi connectivity index (χ3n) is 3.36. The Labute approximate surface area is 124 Å². The maximum atomic E-state index is 12.2. The zero-order valence-corrected chi connectivity index (χ0v) is 12.5. The van der Waals surface area contributed by atoms with Crippen LogP contribution in [0.3, 0.4) is 0 Å². The zero-order chi connectivity index (χ0) is 14.7. The number of halogens is 1. The molecule has 110 valence electrons. The lowest BCUT2D eigenvalue weighted by atomic mass is 10.1. The highest BCUT2D eigenvalue weighted by atomic mass is 35.5. The minimum absolute atomic E-state index is 0.200. The molecule has 0 saturated carbocycles. The number of carbonyl (C=O) groups is 1. The molecule has 1 atom stereocenters. The minimum atomic E-state index is -0.429. The van der Waals surface area contributed by atoms with Crippen LogP contribution in [0.2, 0.25) is 5.02 Å². The first kappa shape index (κ1) is 14.9. The van der Waals surface area contributed by atoms with Gasteiger partial charge in [0.2, 0.25) is 0 Å². The lowest BCUT2D eigenvalue weighted by Gasteiger charge is -2.30. The molecule has 1 saturated heterocycles. The van der Waals surface area contributed by atoms with Crippen molar-refractivity contribution in [3.05, 3.63) is 23.2 Å². The third kappa shape index (κ3) is 3.35. The summed E-state index contributed by atoms with van der Waals surface area (Å²) in [7, 11) is 3.75. The van der Waals surface area contributed by atoms with Gasteiger partial charge in [-0.25, -0.2) is 4.79 Å². The van der Waals surface area contributed by atoms with Crippen molar-refractivity contribution in [1.29, 1.82) is 0 Å². The van der Waals surface area contributed by atoms with E-state index in [1.54, 1.807) is 17.0 Å². The van der Waals surface area contributed by atoms with E-state index < -0.39 is 6.10 Å². The van der Waals surface area contributed by atoms with Crippen LogP contribution in [0, 0.1) is 0 Å². The number of rotatable bonds is 2. The number of urea groups is 1. The highest BCUT2D eigenvalue weighted by molar-refractivity contribution is 6.34. The topological polar surface area (TPSA) is 55.8 Å². The predicted octanol–water partition coefficient (Wildman–Crippen LogP) is 2.39. The second kappa shape index (κ2) is 6.33. The van der Waals surface area contributed by atoms with E-state index in [1.165, 1.54) is 0 Å². The second-order valence-electron chi connectivity index (χ2n) is 5.20. The van der Waals surface area contributed by atoms with E-state index in [9.17, 15) is 9.90 Å². The molecule has 0 spiro atoms. The Kier molecular flexibility index (Phi) is 4.73. The van der Waals surface area contributed by atoms with E-state index in [1.807, 2.05) is 25.1 Å². The van der Waals surface area contributed by atoms with Crippen LogP contribution >= 0.6 is 11.6 Å². The van der Waals surface area contributed by atoms with Gasteiger partial charge in [-0.1, -0.05) is 17.7 Å². The molecule has 2 amide bonds. The molecule has 2 N–H and O–H groups in total. The lowest BCUT2D eigenvalue weighted by Crippen LogP contribution is -2.44. The number of piperidine rings is 1. The van der Waals surface area contributed by atoms with Crippen molar-refractivity contribution in [2.24, 2.45) is 0 Å². The Bertz CT molecular complexity index is 493. The van der Waals surface area contributed by atoms with Gasteiger partial charge in [0.1, 0.15) is 0 Å². The Morgan fingerprint density at radius 1 is 1.50 bits per heavy atom. The van der Waals surface area contributed by atoms with Crippen molar-refractivity contribution in [2.45, 2.75) is 18.9 Å². The largest absolute Gasteiger partial charge is 0.391 e. The molecular weight excluding hydrogens is 278 g/mol. The number of β-amino-alcohol motifs (C(OH)–C–C–N with tert-alkyl or cyclic N) is 1. The first-order valence-corrected chi connectivity index (χ1v) is 7.06. The van der Waals surface area contributed by atoms with Crippen molar-refractivity contribution >= 4 is 29.0 Å². The molecule has 6 heteroatoms. The molecular formula is C14H20ClN3O2. The van der Waals surface area contributed by atoms with Gasteiger partial charge >= 0.3 is 6.03 Å². The van der Waals surface area contributed by atoms with Gasteiger partial charge in [0.25, 0.3) is 0 Å². The normalized spacial score (nSPS) is 18.8. The number of carbonyl (C=O) groups excluding carboxylic acids is 1. The van der Waals surface area contributed by atoms with E-state index in [0.717, 1.165) is 18.5 Å². The molecule has 0 aromatic heterocycles. The lowest BCUT2D eigenvalue weighted by molar-refractivity contribution is 0.0883. The number of likely N-dealkylation sites (tertiary alicyclic amines) is 1. The quantitative estimate of drug-likeness (QED) is 0.881. The maximum absolute atomic E-state index is 12.2. The zero-order valence-electron chi connectivity index (χ0n) is 11.8. The SMILES string of the molecule is CN(C)c1c(Cl)cccc1NC(=O)N1CCCC(O)C1. The van der Waals surface area contributed by atoms with E-state index in [2.05, 4.69) is 5.32 Å². The molecule has 5 nitrogen and oxygen atoms in total. The highest BCUT2D eigenvalue weighted by Crippen LogP contribution is 2.32. The number of para-hydroxylation sites is 1.